The molecule has 1 aliphatic rings. The van der Waals surface area contributed by atoms with Crippen molar-refractivity contribution in [3.63, 3.8) is 0 Å². The summed E-state index contributed by atoms with van der Waals surface area (Å²) in [7, 11) is 5.51. The van der Waals surface area contributed by atoms with E-state index in [9.17, 15) is 9.18 Å². The Morgan fingerprint density at radius 2 is 2.08 bits per heavy atom. The van der Waals surface area contributed by atoms with Crippen molar-refractivity contribution in [1.29, 1.82) is 0 Å². The van der Waals surface area contributed by atoms with Gasteiger partial charge in [0.1, 0.15) is 0 Å². The van der Waals surface area contributed by atoms with Crippen molar-refractivity contribution in [2.75, 3.05) is 52.7 Å². The molecule has 2 N–H and O–H groups in total. The van der Waals surface area contributed by atoms with Crippen LogP contribution in [-0.4, -0.2) is 83.5 Å². The molecular weight excluding hydrogens is 485 g/mol. The van der Waals surface area contributed by atoms with Crippen LogP contribution in [0.1, 0.15) is 15.9 Å². The summed E-state index contributed by atoms with van der Waals surface area (Å²) in [6.07, 6.45) is 5.14. The van der Waals surface area contributed by atoms with Crippen molar-refractivity contribution in [3.8, 4) is 17.0 Å². The maximum Gasteiger partial charge on any atom is 0.254 e. The third-order valence-corrected chi connectivity index (χ3v) is 6.72. The van der Waals surface area contributed by atoms with Gasteiger partial charge in [0.05, 0.1) is 19.0 Å². The van der Waals surface area contributed by atoms with E-state index in [0.717, 1.165) is 30.0 Å². The SMILES string of the molecule is COc1ccc(-c2cnc3c(Nc4ccc(C(=O)N5CCNC(CN(C)C)C5)c(C)c4)nccn23)cc1F. The Kier molecular flexibility index (Phi) is 7.26. The van der Waals surface area contributed by atoms with Crippen LogP contribution < -0.4 is 15.4 Å². The number of likely N-dealkylation sites (N-methyl/N-ethyl adjacent to an activating group) is 1. The second-order valence-corrected chi connectivity index (χ2v) is 9.78. The maximum absolute atomic E-state index is 14.3. The first-order valence-corrected chi connectivity index (χ1v) is 12.5. The van der Waals surface area contributed by atoms with Crippen molar-refractivity contribution in [2.24, 2.45) is 0 Å². The Balaban J connectivity index is 1.36. The molecular formula is C28H32FN7O2. The monoisotopic (exact) mass is 517 g/mol. The Morgan fingerprint density at radius 3 is 2.82 bits per heavy atom. The highest BCUT2D eigenvalue weighted by Gasteiger charge is 2.25. The number of hydrogen-bond acceptors (Lipinski definition) is 7. The highest BCUT2D eigenvalue weighted by atomic mass is 19.1. The molecule has 198 valence electrons. The van der Waals surface area contributed by atoms with Crippen LogP contribution in [0.15, 0.2) is 55.0 Å². The van der Waals surface area contributed by atoms with Crippen LogP contribution in [0, 0.1) is 12.7 Å². The molecule has 38 heavy (non-hydrogen) atoms. The molecule has 9 nitrogen and oxygen atoms in total. The van der Waals surface area contributed by atoms with E-state index in [-0.39, 0.29) is 17.7 Å². The maximum atomic E-state index is 14.3. The third-order valence-electron chi connectivity index (χ3n) is 6.72. The lowest BCUT2D eigenvalue weighted by molar-refractivity contribution is 0.0690. The molecule has 5 rings (SSSR count). The lowest BCUT2D eigenvalue weighted by atomic mass is 10.1. The van der Waals surface area contributed by atoms with E-state index in [1.54, 1.807) is 30.7 Å². The largest absolute Gasteiger partial charge is 0.494 e. The fourth-order valence-electron chi connectivity index (χ4n) is 4.91. The first-order chi connectivity index (χ1) is 18.3. The predicted molar refractivity (Wildman–Crippen MR) is 146 cm³/mol. The van der Waals surface area contributed by atoms with Crippen molar-refractivity contribution in [1.82, 2.24) is 29.5 Å². The number of aryl methyl sites for hydroxylation is 1. The summed E-state index contributed by atoms with van der Waals surface area (Å²) in [6.45, 7) is 4.98. The van der Waals surface area contributed by atoms with Crippen molar-refractivity contribution in [3.05, 3.63) is 71.9 Å². The number of amides is 1. The van der Waals surface area contributed by atoms with Crippen LogP contribution in [0.5, 0.6) is 5.75 Å². The third kappa shape index (κ3) is 5.18. The van der Waals surface area contributed by atoms with E-state index in [0.29, 0.717) is 35.7 Å². The van der Waals surface area contributed by atoms with Gasteiger partial charge in [-0.15, -0.1) is 0 Å². The minimum absolute atomic E-state index is 0.0455. The summed E-state index contributed by atoms with van der Waals surface area (Å²) < 4.78 is 21.2. The second kappa shape index (κ2) is 10.8. The van der Waals surface area contributed by atoms with E-state index < -0.39 is 5.82 Å². The van der Waals surface area contributed by atoms with Gasteiger partial charge >= 0.3 is 0 Å². The van der Waals surface area contributed by atoms with Gasteiger partial charge in [0.15, 0.2) is 23.0 Å². The first-order valence-electron chi connectivity index (χ1n) is 12.5. The number of fused-ring (bicyclic) bond motifs is 1. The molecule has 2 aromatic carbocycles. The number of hydrogen-bond donors (Lipinski definition) is 2. The molecule has 1 saturated heterocycles. The summed E-state index contributed by atoms with van der Waals surface area (Å²) >= 11 is 0. The van der Waals surface area contributed by atoms with Crippen LogP contribution >= 0.6 is 0 Å². The number of nitrogens with one attached hydrogen (secondary N) is 2. The Labute approximate surface area is 221 Å². The van der Waals surface area contributed by atoms with Gasteiger partial charge in [-0.25, -0.2) is 14.4 Å². The summed E-state index contributed by atoms with van der Waals surface area (Å²) in [4.78, 5) is 26.4. The van der Waals surface area contributed by atoms with Crippen molar-refractivity contribution in [2.45, 2.75) is 13.0 Å². The number of benzene rings is 2. The molecule has 1 fully saturated rings. The van der Waals surface area contributed by atoms with E-state index >= 15 is 0 Å². The Hall–Kier alpha value is -4.02. The van der Waals surface area contributed by atoms with Crippen LogP contribution in [0.2, 0.25) is 0 Å². The molecule has 0 bridgehead atoms. The molecule has 1 atom stereocenters. The lowest BCUT2D eigenvalue weighted by Crippen LogP contribution is -2.55. The van der Waals surface area contributed by atoms with E-state index in [1.165, 1.54) is 13.2 Å². The van der Waals surface area contributed by atoms with Gasteiger partial charge in [-0.05, 0) is 63.0 Å². The van der Waals surface area contributed by atoms with Gasteiger partial charge in [0.25, 0.3) is 5.91 Å². The van der Waals surface area contributed by atoms with E-state index in [1.807, 2.05) is 48.5 Å². The number of aromatic nitrogens is 3. The quantitative estimate of drug-likeness (QED) is 0.388. The fourth-order valence-corrected chi connectivity index (χ4v) is 4.91. The lowest BCUT2D eigenvalue weighted by Gasteiger charge is -2.35. The number of nitrogens with zero attached hydrogens (tertiary/aromatic N) is 5. The number of ether oxygens (including phenoxy) is 1. The topological polar surface area (TPSA) is 87.0 Å². The number of piperazine rings is 1. The summed E-state index contributed by atoms with van der Waals surface area (Å²) in [6, 6.07) is 10.8. The van der Waals surface area contributed by atoms with Gasteiger partial charge in [0, 0.05) is 61.4 Å². The molecule has 2 aromatic heterocycles. The van der Waals surface area contributed by atoms with Gasteiger partial charge in [0.2, 0.25) is 0 Å². The zero-order valence-electron chi connectivity index (χ0n) is 22.0. The molecule has 0 spiro atoms. The average Bonchev–Trinajstić information content (AvgIpc) is 3.33. The van der Waals surface area contributed by atoms with E-state index in [2.05, 4.69) is 25.5 Å². The fraction of sp³-hybridized carbons (Fsp3) is 0.321. The Morgan fingerprint density at radius 1 is 1.24 bits per heavy atom. The van der Waals surface area contributed by atoms with Gasteiger partial charge in [-0.1, -0.05) is 0 Å². The molecule has 0 radical (unpaired) electrons. The zero-order valence-corrected chi connectivity index (χ0v) is 22.0. The molecule has 1 unspecified atom stereocenters. The molecule has 4 aromatic rings. The van der Waals surface area contributed by atoms with Crippen LogP contribution in [0.4, 0.5) is 15.9 Å². The number of carbonyl (C=O) groups excluding carboxylic acids is 1. The summed E-state index contributed by atoms with van der Waals surface area (Å²) in [5.74, 6) is 0.352. The van der Waals surface area contributed by atoms with Crippen LogP contribution in [-0.2, 0) is 0 Å². The number of carbonyl (C=O) groups is 1. The molecule has 1 aliphatic heterocycles. The number of anilines is 2. The molecule has 0 saturated carbocycles. The highest BCUT2D eigenvalue weighted by Crippen LogP contribution is 2.29. The molecule has 0 aliphatic carbocycles. The predicted octanol–water partition coefficient (Wildman–Crippen LogP) is 3.57. The smallest absolute Gasteiger partial charge is 0.254 e. The number of halogens is 1. The summed E-state index contributed by atoms with van der Waals surface area (Å²) in [5, 5.41) is 6.82. The van der Waals surface area contributed by atoms with Crippen molar-refractivity contribution < 1.29 is 13.9 Å². The standard InChI is InChI=1S/C28H32FN7O2/c1-18-13-20(6-7-22(18)28(37)35-11-9-30-21(17-35)16-34(2)3)33-26-27-32-15-24(36(27)12-10-31-26)19-5-8-25(38-4)23(29)14-19/h5-8,10,12-15,21,30H,9,11,16-17H2,1-4H3,(H,31,33). The van der Waals surface area contributed by atoms with E-state index in [4.69, 9.17) is 4.74 Å². The Bertz CT molecular complexity index is 1470. The van der Waals surface area contributed by atoms with Crippen LogP contribution in [0.25, 0.3) is 16.9 Å². The minimum atomic E-state index is -0.438. The summed E-state index contributed by atoms with van der Waals surface area (Å²) in [5.41, 5.74) is 4.37. The van der Waals surface area contributed by atoms with Gasteiger partial charge in [-0.3, -0.25) is 9.20 Å². The zero-order chi connectivity index (χ0) is 26.8. The first kappa shape index (κ1) is 25.6. The number of methoxy groups -OCH3 is 1. The number of imidazole rings is 1. The average molecular weight is 518 g/mol. The highest BCUT2D eigenvalue weighted by molar-refractivity contribution is 5.96. The molecule has 3 heterocycles. The minimum Gasteiger partial charge on any atom is -0.494 e. The molecule has 10 heteroatoms. The van der Waals surface area contributed by atoms with Gasteiger partial charge in [-0.2, -0.15) is 0 Å². The normalized spacial score (nSPS) is 15.7. The van der Waals surface area contributed by atoms with Gasteiger partial charge < -0.3 is 25.2 Å². The molecule has 1 amide bonds. The van der Waals surface area contributed by atoms with Crippen LogP contribution in [0.3, 0.4) is 0 Å². The van der Waals surface area contributed by atoms with Crippen molar-refractivity contribution >= 4 is 23.1 Å². The number of rotatable bonds is 7. The second-order valence-electron chi connectivity index (χ2n) is 9.78.